The number of benzene rings is 1. The molecule has 18 heavy (non-hydrogen) atoms. The number of rotatable bonds is 5. The van der Waals surface area contributed by atoms with Crippen LogP contribution in [-0.2, 0) is 12.8 Å². The molecular weight excluding hydrogens is 230 g/mol. The topological polar surface area (TPSA) is 71.2 Å². The molecule has 0 aliphatic rings. The number of hydrogen-bond donors (Lipinski definition) is 2. The lowest BCUT2D eigenvalue weighted by Gasteiger charge is -2.04. The number of phenolic OH excluding ortho intramolecular Hbond substituents is 1. The molecule has 0 aliphatic heterocycles. The van der Waals surface area contributed by atoms with Crippen molar-refractivity contribution in [3.8, 4) is 5.75 Å². The van der Waals surface area contributed by atoms with Crippen LogP contribution in [0.5, 0.6) is 5.75 Å². The van der Waals surface area contributed by atoms with Crippen molar-refractivity contribution >= 4 is 0 Å². The van der Waals surface area contributed by atoms with E-state index in [0.29, 0.717) is 24.2 Å². The number of aromatic hydroxyl groups is 1. The van der Waals surface area contributed by atoms with Crippen molar-refractivity contribution in [1.29, 1.82) is 0 Å². The number of hydrogen-bond acceptors (Lipinski definition) is 5. The van der Waals surface area contributed by atoms with Crippen LogP contribution < -0.4 is 5.32 Å². The minimum Gasteiger partial charge on any atom is -0.508 e. The maximum absolute atomic E-state index is 9.37. The Morgan fingerprint density at radius 2 is 2.28 bits per heavy atom. The molecule has 0 fully saturated rings. The van der Waals surface area contributed by atoms with Crippen LogP contribution in [0.2, 0.25) is 0 Å². The lowest BCUT2D eigenvalue weighted by molar-refractivity contribution is 0.377. The van der Waals surface area contributed by atoms with Crippen LogP contribution in [0.15, 0.2) is 28.8 Å². The molecule has 1 heterocycles. The molecule has 1 aromatic carbocycles. The Labute approximate surface area is 106 Å². The third-order valence-electron chi connectivity index (χ3n) is 2.76. The van der Waals surface area contributed by atoms with Gasteiger partial charge in [0.15, 0.2) is 5.82 Å². The molecule has 0 aliphatic carbocycles. The zero-order valence-corrected chi connectivity index (χ0v) is 10.6. The average Bonchev–Trinajstić information content (AvgIpc) is 2.76. The van der Waals surface area contributed by atoms with Gasteiger partial charge in [0.05, 0.1) is 6.42 Å². The van der Waals surface area contributed by atoms with Gasteiger partial charge in [0.1, 0.15) is 5.75 Å². The molecule has 0 spiro atoms. The van der Waals surface area contributed by atoms with E-state index in [1.165, 1.54) is 0 Å². The van der Waals surface area contributed by atoms with E-state index in [4.69, 9.17) is 4.52 Å². The Hall–Kier alpha value is -1.88. The molecule has 0 radical (unpaired) electrons. The van der Waals surface area contributed by atoms with Gasteiger partial charge < -0.3 is 14.9 Å². The summed E-state index contributed by atoms with van der Waals surface area (Å²) in [5.41, 5.74) is 0.951. The second-order valence-electron chi connectivity index (χ2n) is 4.34. The number of nitrogens with zero attached hydrogens (tertiary/aromatic N) is 2. The third kappa shape index (κ3) is 3.30. The molecule has 1 atom stereocenters. The minimum absolute atomic E-state index is 0.246. The summed E-state index contributed by atoms with van der Waals surface area (Å²) in [6.07, 6.45) is 1.27. The van der Waals surface area contributed by atoms with Gasteiger partial charge in [-0.1, -0.05) is 17.3 Å². The van der Waals surface area contributed by atoms with Gasteiger partial charge in [-0.3, -0.25) is 0 Å². The van der Waals surface area contributed by atoms with Crippen molar-refractivity contribution in [1.82, 2.24) is 15.5 Å². The van der Waals surface area contributed by atoms with Crippen LogP contribution in [0, 0.1) is 0 Å². The van der Waals surface area contributed by atoms with Crippen LogP contribution in [0.25, 0.3) is 0 Å². The normalized spacial score (nSPS) is 12.6. The zero-order chi connectivity index (χ0) is 13.0. The van der Waals surface area contributed by atoms with E-state index < -0.39 is 0 Å². The van der Waals surface area contributed by atoms with E-state index in [1.807, 2.05) is 13.1 Å². The van der Waals surface area contributed by atoms with Gasteiger partial charge in [0.25, 0.3) is 0 Å². The number of aromatic nitrogens is 2. The molecule has 5 nitrogen and oxygen atoms in total. The molecule has 2 rings (SSSR count). The highest BCUT2D eigenvalue weighted by atomic mass is 16.5. The van der Waals surface area contributed by atoms with Crippen LogP contribution in [0.1, 0.15) is 24.2 Å². The molecular formula is C13H17N3O2. The molecule has 0 amide bonds. The zero-order valence-electron chi connectivity index (χ0n) is 10.6. The summed E-state index contributed by atoms with van der Waals surface area (Å²) < 4.78 is 5.18. The van der Waals surface area contributed by atoms with Gasteiger partial charge in [-0.25, -0.2) is 0 Å². The first-order valence-electron chi connectivity index (χ1n) is 5.94. The number of nitrogens with one attached hydrogen (secondary N) is 1. The number of phenols is 1. The molecule has 0 bridgehead atoms. The molecule has 2 aromatic rings. The third-order valence-corrected chi connectivity index (χ3v) is 2.76. The van der Waals surface area contributed by atoms with Crippen LogP contribution in [0.3, 0.4) is 0 Å². The van der Waals surface area contributed by atoms with E-state index in [2.05, 4.69) is 22.4 Å². The monoisotopic (exact) mass is 247 g/mol. The quantitative estimate of drug-likeness (QED) is 0.838. The summed E-state index contributed by atoms with van der Waals surface area (Å²) >= 11 is 0. The predicted octanol–water partition coefficient (Wildman–Crippen LogP) is 1.52. The summed E-state index contributed by atoms with van der Waals surface area (Å²) in [5.74, 6) is 1.52. The highest BCUT2D eigenvalue weighted by Gasteiger charge is 2.10. The molecule has 0 saturated carbocycles. The molecule has 5 heteroatoms. The first-order valence-corrected chi connectivity index (χ1v) is 5.94. The Morgan fingerprint density at radius 1 is 1.44 bits per heavy atom. The molecule has 96 valence electrons. The molecule has 1 unspecified atom stereocenters. The highest BCUT2D eigenvalue weighted by Crippen LogP contribution is 2.14. The SMILES string of the molecule is CNC(C)Cc1noc(Cc2cccc(O)c2)n1. The first-order chi connectivity index (χ1) is 8.67. The fraction of sp³-hybridized carbons (Fsp3) is 0.385. The van der Waals surface area contributed by atoms with E-state index in [9.17, 15) is 5.11 Å². The summed E-state index contributed by atoms with van der Waals surface area (Å²) in [6, 6.07) is 7.36. The largest absolute Gasteiger partial charge is 0.508 e. The molecule has 0 saturated heterocycles. The highest BCUT2D eigenvalue weighted by molar-refractivity contribution is 5.28. The Kier molecular flexibility index (Phi) is 3.94. The second kappa shape index (κ2) is 5.64. The van der Waals surface area contributed by atoms with Crippen molar-refractivity contribution in [2.24, 2.45) is 0 Å². The smallest absolute Gasteiger partial charge is 0.231 e. The molecule has 2 N–H and O–H groups in total. The number of likely N-dealkylation sites (N-methyl/N-ethyl adjacent to an activating group) is 1. The van der Waals surface area contributed by atoms with Gasteiger partial charge in [-0.05, 0) is 31.7 Å². The van der Waals surface area contributed by atoms with Gasteiger partial charge in [0.2, 0.25) is 5.89 Å². The minimum atomic E-state index is 0.246. The van der Waals surface area contributed by atoms with Gasteiger partial charge in [-0.15, -0.1) is 0 Å². The van der Waals surface area contributed by atoms with E-state index in [0.717, 1.165) is 12.0 Å². The Morgan fingerprint density at radius 3 is 3.00 bits per heavy atom. The lowest BCUT2D eigenvalue weighted by Crippen LogP contribution is -2.24. The summed E-state index contributed by atoms with van der Waals surface area (Å²) in [7, 11) is 1.90. The standard InChI is InChI=1S/C13H17N3O2/c1-9(14-2)6-12-15-13(18-16-12)8-10-4-3-5-11(17)7-10/h3-5,7,9,14,17H,6,8H2,1-2H3. The Bertz CT molecular complexity index is 510. The maximum Gasteiger partial charge on any atom is 0.231 e. The summed E-state index contributed by atoms with van der Waals surface area (Å²) in [5, 5.41) is 16.4. The predicted molar refractivity (Wildman–Crippen MR) is 67.4 cm³/mol. The second-order valence-corrected chi connectivity index (χ2v) is 4.34. The van der Waals surface area contributed by atoms with Gasteiger partial charge in [-0.2, -0.15) is 4.98 Å². The van der Waals surface area contributed by atoms with Crippen molar-refractivity contribution < 1.29 is 9.63 Å². The van der Waals surface area contributed by atoms with Crippen LogP contribution >= 0.6 is 0 Å². The molecule has 1 aromatic heterocycles. The van der Waals surface area contributed by atoms with Crippen molar-refractivity contribution in [3.63, 3.8) is 0 Å². The van der Waals surface area contributed by atoms with E-state index in [1.54, 1.807) is 18.2 Å². The summed E-state index contributed by atoms with van der Waals surface area (Å²) in [4.78, 5) is 4.32. The van der Waals surface area contributed by atoms with Crippen LogP contribution in [-0.4, -0.2) is 28.3 Å². The first kappa shape index (κ1) is 12.6. The lowest BCUT2D eigenvalue weighted by atomic mass is 10.1. The van der Waals surface area contributed by atoms with Crippen molar-refractivity contribution in [2.45, 2.75) is 25.8 Å². The fourth-order valence-corrected chi connectivity index (χ4v) is 1.66. The van der Waals surface area contributed by atoms with Gasteiger partial charge in [0, 0.05) is 12.5 Å². The Balaban J connectivity index is 2.02. The van der Waals surface area contributed by atoms with Gasteiger partial charge >= 0.3 is 0 Å². The summed E-state index contributed by atoms with van der Waals surface area (Å²) in [6.45, 7) is 2.06. The van der Waals surface area contributed by atoms with Crippen molar-refractivity contribution in [2.75, 3.05) is 7.05 Å². The van der Waals surface area contributed by atoms with Crippen molar-refractivity contribution in [3.05, 3.63) is 41.5 Å². The van der Waals surface area contributed by atoms with E-state index >= 15 is 0 Å². The fourth-order valence-electron chi connectivity index (χ4n) is 1.66. The van der Waals surface area contributed by atoms with E-state index in [-0.39, 0.29) is 5.75 Å². The maximum atomic E-state index is 9.37. The van der Waals surface area contributed by atoms with Crippen LogP contribution in [0.4, 0.5) is 0 Å². The average molecular weight is 247 g/mol.